The predicted octanol–water partition coefficient (Wildman–Crippen LogP) is 4.23. The lowest BCUT2D eigenvalue weighted by Gasteiger charge is -2.23. The molecule has 6 rings (SSSR count). The molecule has 1 aromatic heterocycles. The quantitative estimate of drug-likeness (QED) is 0.556. The number of thiol groups is 1. The van der Waals surface area contributed by atoms with Crippen LogP contribution in [0, 0.1) is 5.92 Å². The molecule has 4 aliphatic rings. The first-order chi connectivity index (χ1) is 14.2. The lowest BCUT2D eigenvalue weighted by Crippen LogP contribution is -2.15. The summed E-state index contributed by atoms with van der Waals surface area (Å²) in [5.74, 6) is 1.75. The summed E-state index contributed by atoms with van der Waals surface area (Å²) in [5, 5.41) is 18.0. The van der Waals surface area contributed by atoms with Crippen molar-refractivity contribution >= 4 is 24.4 Å². The summed E-state index contributed by atoms with van der Waals surface area (Å²) in [5.41, 5.74) is 7.40. The Morgan fingerprint density at radius 3 is 2.45 bits per heavy atom. The third-order valence-corrected chi connectivity index (χ3v) is 7.34. The first-order valence-corrected chi connectivity index (χ1v) is 11.3. The van der Waals surface area contributed by atoms with E-state index in [4.69, 9.17) is 4.42 Å². The number of furan rings is 1. The average Bonchev–Trinajstić information content (AvgIpc) is 3.52. The van der Waals surface area contributed by atoms with Crippen molar-refractivity contribution in [3.05, 3.63) is 51.5 Å². The third kappa shape index (κ3) is 3.04. The van der Waals surface area contributed by atoms with E-state index >= 15 is 0 Å². The van der Waals surface area contributed by atoms with Gasteiger partial charge in [0.1, 0.15) is 5.76 Å². The van der Waals surface area contributed by atoms with Crippen LogP contribution in [0.15, 0.2) is 16.5 Å². The molecule has 5 nitrogen and oxygen atoms in total. The monoisotopic (exact) mass is 412 g/mol. The van der Waals surface area contributed by atoms with Gasteiger partial charge < -0.3 is 14.8 Å². The summed E-state index contributed by atoms with van der Waals surface area (Å²) in [6.45, 7) is 0. The normalized spacial score (nSPS) is 25.7. The molecule has 4 aliphatic carbocycles. The fraction of sp³-hybridized carbons (Fsp3) is 0.522. The standard InChI is InChI=1S/C23H25NO3.H3NS/c25-21-14-7-8-15(10-14)22-18(21)11-19(27-22)23(26)24-20-16-5-1-3-12(16)9-13-4-2-6-17(13)20;1-2/h9,11,14-15,21,25H,1-8,10H2,(H,24,26);2H,1H2. The first-order valence-electron chi connectivity index (χ1n) is 10.7. The number of anilines is 1. The molecule has 29 heavy (non-hydrogen) atoms. The summed E-state index contributed by atoms with van der Waals surface area (Å²) in [4.78, 5) is 13.1. The van der Waals surface area contributed by atoms with E-state index in [0.717, 1.165) is 62.0 Å². The number of benzene rings is 1. The van der Waals surface area contributed by atoms with Gasteiger partial charge in [0.25, 0.3) is 5.91 Å². The maximum absolute atomic E-state index is 13.1. The Morgan fingerprint density at radius 2 is 1.76 bits per heavy atom. The molecule has 1 amide bonds. The molecule has 3 atom stereocenters. The highest BCUT2D eigenvalue weighted by Crippen LogP contribution is 2.52. The number of hydrogen-bond donors (Lipinski definition) is 4. The van der Waals surface area contributed by atoms with E-state index in [1.807, 2.05) is 0 Å². The van der Waals surface area contributed by atoms with Crippen molar-refractivity contribution in [2.45, 2.75) is 69.8 Å². The molecule has 0 aliphatic heterocycles. The molecule has 0 spiro atoms. The fourth-order valence-electron chi connectivity index (χ4n) is 6.02. The van der Waals surface area contributed by atoms with Crippen LogP contribution in [0.4, 0.5) is 5.69 Å². The second-order valence-electron chi connectivity index (χ2n) is 8.83. The van der Waals surface area contributed by atoms with Crippen LogP contribution in [-0.4, -0.2) is 11.0 Å². The van der Waals surface area contributed by atoms with Crippen molar-refractivity contribution in [2.75, 3.05) is 5.32 Å². The van der Waals surface area contributed by atoms with E-state index in [1.165, 1.54) is 35.1 Å². The molecule has 4 N–H and O–H groups in total. The van der Waals surface area contributed by atoms with E-state index in [-0.39, 0.29) is 5.91 Å². The summed E-state index contributed by atoms with van der Waals surface area (Å²) < 4.78 is 6.01. The number of aliphatic hydroxyl groups excluding tert-OH is 1. The van der Waals surface area contributed by atoms with Gasteiger partial charge in [-0.15, -0.1) is 12.8 Å². The number of carbonyl (C=O) groups excluding carboxylic acids is 1. The van der Waals surface area contributed by atoms with Gasteiger partial charge in [-0.2, -0.15) is 0 Å². The molecular weight excluding hydrogens is 384 g/mol. The highest BCUT2D eigenvalue weighted by atomic mass is 32.1. The number of aryl methyl sites for hydroxylation is 2. The van der Waals surface area contributed by atoms with E-state index in [2.05, 4.69) is 29.3 Å². The Bertz CT molecular complexity index is 922. The van der Waals surface area contributed by atoms with Gasteiger partial charge in [0.2, 0.25) is 0 Å². The predicted molar refractivity (Wildman–Crippen MR) is 115 cm³/mol. The summed E-state index contributed by atoms with van der Waals surface area (Å²) >= 11 is 3.03. The fourth-order valence-corrected chi connectivity index (χ4v) is 6.02. The summed E-state index contributed by atoms with van der Waals surface area (Å²) in [6.07, 6.45) is 9.31. The zero-order valence-corrected chi connectivity index (χ0v) is 17.4. The van der Waals surface area contributed by atoms with Gasteiger partial charge in [-0.3, -0.25) is 9.93 Å². The van der Waals surface area contributed by atoms with Crippen LogP contribution in [0.3, 0.4) is 0 Å². The van der Waals surface area contributed by atoms with Gasteiger partial charge in [-0.05, 0) is 92.0 Å². The molecule has 3 unspecified atom stereocenters. The van der Waals surface area contributed by atoms with Gasteiger partial charge in [-0.1, -0.05) is 6.07 Å². The van der Waals surface area contributed by atoms with Gasteiger partial charge in [0, 0.05) is 17.2 Å². The molecule has 154 valence electrons. The van der Waals surface area contributed by atoms with E-state index in [1.54, 1.807) is 6.07 Å². The molecule has 1 aromatic carbocycles. The van der Waals surface area contributed by atoms with Crippen LogP contribution >= 0.6 is 12.8 Å². The number of fused-ring (bicyclic) bond motifs is 6. The number of aliphatic hydroxyl groups is 1. The lowest BCUT2D eigenvalue weighted by atomic mass is 9.86. The number of amides is 1. The number of hydrogen-bond acceptors (Lipinski definition) is 5. The zero-order chi connectivity index (χ0) is 20.1. The van der Waals surface area contributed by atoms with Gasteiger partial charge >= 0.3 is 0 Å². The minimum Gasteiger partial charge on any atom is -0.455 e. The molecule has 1 fully saturated rings. The lowest BCUT2D eigenvalue weighted by molar-refractivity contribution is 0.0977. The van der Waals surface area contributed by atoms with Crippen LogP contribution < -0.4 is 10.5 Å². The topological polar surface area (TPSA) is 88.5 Å². The van der Waals surface area contributed by atoms with Crippen LogP contribution in [0.1, 0.15) is 88.3 Å². The van der Waals surface area contributed by atoms with E-state index < -0.39 is 6.10 Å². The van der Waals surface area contributed by atoms with Crippen LogP contribution in [-0.2, 0) is 25.7 Å². The van der Waals surface area contributed by atoms with E-state index in [0.29, 0.717) is 17.6 Å². The SMILES string of the molecule is NS.O=C(Nc1c2c(cc3c1CCC3)CCC2)c1cc2c(o1)C1CCC(C1)C2O. The largest absolute Gasteiger partial charge is 0.455 e. The molecule has 1 saturated carbocycles. The summed E-state index contributed by atoms with van der Waals surface area (Å²) in [7, 11) is 0. The Morgan fingerprint density at radius 1 is 1.07 bits per heavy atom. The number of nitrogens with one attached hydrogen (secondary N) is 1. The minimum atomic E-state index is -0.478. The average molecular weight is 413 g/mol. The van der Waals surface area contributed by atoms with Crippen molar-refractivity contribution in [2.24, 2.45) is 11.1 Å². The second-order valence-corrected chi connectivity index (χ2v) is 8.83. The minimum absolute atomic E-state index is 0.165. The van der Waals surface area contributed by atoms with Crippen LogP contribution in [0.2, 0.25) is 0 Å². The van der Waals surface area contributed by atoms with Crippen molar-refractivity contribution in [1.29, 1.82) is 0 Å². The number of carbonyl (C=O) groups is 1. The smallest absolute Gasteiger partial charge is 0.291 e. The van der Waals surface area contributed by atoms with Crippen molar-refractivity contribution in [3.63, 3.8) is 0 Å². The van der Waals surface area contributed by atoms with Crippen molar-refractivity contribution in [1.82, 2.24) is 0 Å². The molecule has 6 heteroatoms. The number of nitrogens with two attached hydrogens (primary N) is 1. The van der Waals surface area contributed by atoms with Gasteiger partial charge in [-0.25, -0.2) is 0 Å². The molecule has 2 aromatic rings. The first kappa shape index (κ1) is 19.2. The van der Waals surface area contributed by atoms with Crippen LogP contribution in [0.5, 0.6) is 0 Å². The van der Waals surface area contributed by atoms with Crippen LogP contribution in [0.25, 0.3) is 0 Å². The number of rotatable bonds is 2. The molecule has 1 heterocycles. The highest BCUT2D eigenvalue weighted by molar-refractivity contribution is 7.77. The zero-order valence-electron chi connectivity index (χ0n) is 16.5. The van der Waals surface area contributed by atoms with Gasteiger partial charge in [0.05, 0.1) is 6.10 Å². The Hall–Kier alpha value is -1.76. The maximum Gasteiger partial charge on any atom is 0.291 e. The maximum atomic E-state index is 13.1. The second kappa shape index (κ2) is 7.49. The summed E-state index contributed by atoms with van der Waals surface area (Å²) in [6, 6.07) is 4.17. The molecule has 0 saturated heterocycles. The third-order valence-electron chi connectivity index (χ3n) is 7.34. The Balaban J connectivity index is 0.000000882. The van der Waals surface area contributed by atoms with Gasteiger partial charge in [0.15, 0.2) is 5.76 Å². The Kier molecular flexibility index (Phi) is 4.96. The highest BCUT2D eigenvalue weighted by Gasteiger charge is 2.42. The van der Waals surface area contributed by atoms with Crippen molar-refractivity contribution in [3.8, 4) is 0 Å². The molecular formula is C23H28N2O3S. The Labute approximate surface area is 176 Å². The van der Waals surface area contributed by atoms with Crippen molar-refractivity contribution < 1.29 is 14.3 Å². The molecule has 0 radical (unpaired) electrons. The molecule has 2 bridgehead atoms. The van der Waals surface area contributed by atoms with E-state index in [9.17, 15) is 9.90 Å².